The molecule has 1 saturated heterocycles. The number of para-hydroxylation sites is 1. The van der Waals surface area contributed by atoms with Gasteiger partial charge in [0.1, 0.15) is 0 Å². The second-order valence-corrected chi connectivity index (χ2v) is 10.8. The van der Waals surface area contributed by atoms with Crippen LogP contribution in [-0.2, 0) is 22.6 Å². The predicted molar refractivity (Wildman–Crippen MR) is 140 cm³/mol. The summed E-state index contributed by atoms with van der Waals surface area (Å²) >= 11 is 0. The number of carbonyl (C=O) groups excluding carboxylic acids is 2. The van der Waals surface area contributed by atoms with Gasteiger partial charge in [0.2, 0.25) is 11.8 Å². The van der Waals surface area contributed by atoms with Crippen LogP contribution < -0.4 is 4.90 Å². The Kier molecular flexibility index (Phi) is 7.24. The number of nitrogens with zero attached hydrogens (tertiary/aromatic N) is 3. The van der Waals surface area contributed by atoms with Gasteiger partial charge in [0.25, 0.3) is 0 Å². The summed E-state index contributed by atoms with van der Waals surface area (Å²) < 4.78 is 0. The molecule has 0 N–H and O–H groups in total. The summed E-state index contributed by atoms with van der Waals surface area (Å²) in [4.78, 5) is 33.4. The first-order valence-electron chi connectivity index (χ1n) is 13.4. The van der Waals surface area contributed by atoms with E-state index in [1.165, 1.54) is 25.7 Å². The van der Waals surface area contributed by atoms with E-state index in [0.717, 1.165) is 60.8 Å². The normalized spacial score (nSPS) is 23.4. The largest absolute Gasteiger partial charge is 0.336 e. The standard InChI is InChI=1S/C30H39N3O2/c1-22-8-3-4-9-25(22)18-30(35)31-20-26-10-5-6-13-29(26)32(23(2)34)17-16-27-11-7-12-28(21-31)33(27)19-24-14-15-24/h3-6,8-10,13,24,27-28H,7,11-12,14-21H2,1-2H3. The van der Waals surface area contributed by atoms with Gasteiger partial charge in [0, 0.05) is 50.9 Å². The van der Waals surface area contributed by atoms with Crippen molar-refractivity contribution in [1.82, 2.24) is 9.80 Å². The first-order chi connectivity index (χ1) is 17.0. The fourth-order valence-electron chi connectivity index (χ4n) is 6.05. The van der Waals surface area contributed by atoms with Crippen LogP contribution in [0.1, 0.15) is 62.1 Å². The molecule has 2 aromatic rings. The highest BCUT2D eigenvalue weighted by molar-refractivity contribution is 5.92. The lowest BCUT2D eigenvalue weighted by Gasteiger charge is -2.44. The average Bonchev–Trinajstić information content (AvgIpc) is 3.66. The lowest BCUT2D eigenvalue weighted by Crippen LogP contribution is -2.53. The second kappa shape index (κ2) is 10.5. The number of piperidine rings is 1. The average molecular weight is 474 g/mol. The molecule has 2 atom stereocenters. The Labute approximate surface area is 210 Å². The van der Waals surface area contributed by atoms with E-state index in [4.69, 9.17) is 0 Å². The quantitative estimate of drug-likeness (QED) is 0.631. The Balaban J connectivity index is 1.50. The molecule has 0 radical (unpaired) electrons. The topological polar surface area (TPSA) is 43.9 Å². The number of anilines is 1. The summed E-state index contributed by atoms with van der Waals surface area (Å²) in [5.74, 6) is 1.06. The molecule has 5 heteroatoms. The SMILES string of the molecule is CC(=O)N1CCC2CCCC(CN(C(=O)Cc3ccccc3C)Cc3ccccc31)N2CC1CC1. The maximum atomic E-state index is 13.8. The molecular formula is C30H39N3O2. The highest BCUT2D eigenvalue weighted by atomic mass is 16.2. The highest BCUT2D eigenvalue weighted by Gasteiger charge is 2.37. The van der Waals surface area contributed by atoms with Crippen molar-refractivity contribution >= 4 is 17.5 Å². The van der Waals surface area contributed by atoms with Crippen LogP contribution in [0.25, 0.3) is 0 Å². The summed E-state index contributed by atoms with van der Waals surface area (Å²) in [6.45, 7) is 6.94. The fraction of sp³-hybridized carbons (Fsp3) is 0.533. The molecule has 3 aliphatic rings. The van der Waals surface area contributed by atoms with Gasteiger partial charge in [-0.2, -0.15) is 0 Å². The van der Waals surface area contributed by atoms with Crippen LogP contribution in [-0.4, -0.2) is 53.3 Å². The lowest BCUT2D eigenvalue weighted by atomic mass is 9.92. The number of fused-ring (bicyclic) bond motifs is 3. The molecule has 5 nitrogen and oxygen atoms in total. The molecule has 1 saturated carbocycles. The molecule has 2 bridgehead atoms. The smallest absolute Gasteiger partial charge is 0.227 e. The van der Waals surface area contributed by atoms with E-state index in [-0.39, 0.29) is 11.8 Å². The van der Waals surface area contributed by atoms with Gasteiger partial charge in [0.15, 0.2) is 0 Å². The van der Waals surface area contributed by atoms with E-state index in [0.29, 0.717) is 25.0 Å². The minimum absolute atomic E-state index is 0.0792. The third-order valence-corrected chi connectivity index (χ3v) is 8.28. The van der Waals surface area contributed by atoms with Crippen molar-refractivity contribution in [2.45, 2.75) is 77.4 Å². The number of hydrogen-bond acceptors (Lipinski definition) is 3. The van der Waals surface area contributed by atoms with Crippen LogP contribution in [0.4, 0.5) is 5.69 Å². The van der Waals surface area contributed by atoms with Crippen molar-refractivity contribution in [1.29, 1.82) is 0 Å². The molecule has 0 spiro atoms. The molecule has 2 fully saturated rings. The van der Waals surface area contributed by atoms with Gasteiger partial charge in [-0.15, -0.1) is 0 Å². The van der Waals surface area contributed by atoms with Crippen LogP contribution in [0, 0.1) is 12.8 Å². The maximum Gasteiger partial charge on any atom is 0.227 e. The number of rotatable bonds is 4. The molecule has 0 aromatic heterocycles. The maximum absolute atomic E-state index is 13.8. The molecule has 2 unspecified atom stereocenters. The Hall–Kier alpha value is -2.66. The molecule has 2 amide bonds. The zero-order valence-electron chi connectivity index (χ0n) is 21.3. The molecule has 2 aromatic carbocycles. The molecule has 2 heterocycles. The predicted octanol–water partition coefficient (Wildman–Crippen LogP) is 4.96. The molecule has 35 heavy (non-hydrogen) atoms. The zero-order chi connectivity index (χ0) is 24.4. The van der Waals surface area contributed by atoms with E-state index in [1.807, 2.05) is 35.2 Å². The number of carbonyl (C=O) groups is 2. The summed E-state index contributed by atoms with van der Waals surface area (Å²) in [5.41, 5.74) is 4.28. The summed E-state index contributed by atoms with van der Waals surface area (Å²) in [5, 5.41) is 0. The number of amides is 2. The van der Waals surface area contributed by atoms with Gasteiger partial charge in [-0.1, -0.05) is 48.9 Å². The summed E-state index contributed by atoms with van der Waals surface area (Å²) in [7, 11) is 0. The Morgan fingerprint density at radius 3 is 2.43 bits per heavy atom. The second-order valence-electron chi connectivity index (χ2n) is 10.8. The van der Waals surface area contributed by atoms with Crippen LogP contribution in [0.15, 0.2) is 48.5 Å². The van der Waals surface area contributed by atoms with Crippen molar-refractivity contribution in [2.75, 3.05) is 24.5 Å². The van der Waals surface area contributed by atoms with Gasteiger partial charge in [0.05, 0.1) is 6.42 Å². The Bertz CT molecular complexity index is 1060. The van der Waals surface area contributed by atoms with E-state index in [1.54, 1.807) is 6.92 Å². The zero-order valence-corrected chi connectivity index (χ0v) is 21.3. The Morgan fingerprint density at radius 1 is 0.914 bits per heavy atom. The third-order valence-electron chi connectivity index (χ3n) is 8.28. The minimum Gasteiger partial charge on any atom is -0.336 e. The first kappa shape index (κ1) is 24.1. The monoisotopic (exact) mass is 473 g/mol. The number of hydrogen-bond donors (Lipinski definition) is 0. The van der Waals surface area contributed by atoms with Crippen molar-refractivity contribution < 1.29 is 9.59 Å². The molecule has 5 rings (SSSR count). The number of benzene rings is 2. The van der Waals surface area contributed by atoms with E-state index < -0.39 is 0 Å². The number of aryl methyl sites for hydroxylation is 1. The van der Waals surface area contributed by atoms with Gasteiger partial charge < -0.3 is 9.80 Å². The van der Waals surface area contributed by atoms with Gasteiger partial charge in [-0.05, 0) is 67.7 Å². The van der Waals surface area contributed by atoms with E-state index >= 15 is 0 Å². The van der Waals surface area contributed by atoms with Gasteiger partial charge in [-0.3, -0.25) is 14.5 Å². The third kappa shape index (κ3) is 5.61. The Morgan fingerprint density at radius 2 is 1.66 bits per heavy atom. The van der Waals surface area contributed by atoms with Crippen LogP contribution in [0.2, 0.25) is 0 Å². The first-order valence-corrected chi connectivity index (χ1v) is 13.4. The van der Waals surface area contributed by atoms with Crippen molar-refractivity contribution in [3.8, 4) is 0 Å². The molecule has 1 aliphatic carbocycles. The van der Waals surface area contributed by atoms with Crippen molar-refractivity contribution in [2.24, 2.45) is 5.92 Å². The molecule has 2 aliphatic heterocycles. The van der Waals surface area contributed by atoms with Crippen molar-refractivity contribution in [3.05, 3.63) is 65.2 Å². The van der Waals surface area contributed by atoms with Crippen LogP contribution >= 0.6 is 0 Å². The summed E-state index contributed by atoms with van der Waals surface area (Å²) in [6.07, 6.45) is 7.61. The molecule has 186 valence electrons. The van der Waals surface area contributed by atoms with Crippen molar-refractivity contribution in [3.63, 3.8) is 0 Å². The molecular weight excluding hydrogens is 434 g/mol. The van der Waals surface area contributed by atoms with Crippen LogP contribution in [0.5, 0.6) is 0 Å². The van der Waals surface area contributed by atoms with Gasteiger partial charge >= 0.3 is 0 Å². The minimum atomic E-state index is 0.0792. The summed E-state index contributed by atoms with van der Waals surface area (Å²) in [6, 6.07) is 17.2. The lowest BCUT2D eigenvalue weighted by molar-refractivity contribution is -0.132. The van der Waals surface area contributed by atoms with Crippen LogP contribution in [0.3, 0.4) is 0 Å². The van der Waals surface area contributed by atoms with E-state index in [9.17, 15) is 9.59 Å². The highest BCUT2D eigenvalue weighted by Crippen LogP contribution is 2.36. The van der Waals surface area contributed by atoms with E-state index in [2.05, 4.69) is 34.9 Å². The fourth-order valence-corrected chi connectivity index (χ4v) is 6.05. The van der Waals surface area contributed by atoms with Gasteiger partial charge in [-0.25, -0.2) is 0 Å².